The highest BCUT2D eigenvalue weighted by molar-refractivity contribution is 6.42. The maximum Gasteiger partial charge on any atom is 0.226 e. The van der Waals surface area contributed by atoms with Crippen molar-refractivity contribution in [2.75, 3.05) is 26.2 Å². The molecule has 0 bridgehead atoms. The minimum atomic E-state index is 0.0851. The lowest BCUT2D eigenvalue weighted by Crippen LogP contribution is -2.30. The Bertz CT molecular complexity index is 755. The van der Waals surface area contributed by atoms with Gasteiger partial charge in [-0.3, -0.25) is 4.79 Å². The van der Waals surface area contributed by atoms with Gasteiger partial charge in [0.2, 0.25) is 5.91 Å². The summed E-state index contributed by atoms with van der Waals surface area (Å²) in [5, 5.41) is 0.915. The van der Waals surface area contributed by atoms with Crippen LogP contribution in [0, 0.1) is 5.92 Å². The quantitative estimate of drug-likeness (QED) is 0.808. The number of rotatable bonds is 6. The van der Waals surface area contributed by atoms with E-state index in [1.54, 1.807) is 18.2 Å². The summed E-state index contributed by atoms with van der Waals surface area (Å²) < 4.78 is 5.62. The second kappa shape index (κ2) is 8.76. The Morgan fingerprint density at radius 2 is 1.88 bits per heavy atom. The van der Waals surface area contributed by atoms with Crippen LogP contribution in [-0.4, -0.2) is 37.0 Å². The van der Waals surface area contributed by atoms with Gasteiger partial charge in [0.25, 0.3) is 0 Å². The Hall–Kier alpha value is -1.75. The fourth-order valence-corrected chi connectivity index (χ4v) is 3.66. The lowest BCUT2D eigenvalue weighted by atomic mass is 9.89. The number of ether oxygens (including phenoxy) is 1. The Morgan fingerprint density at radius 3 is 2.58 bits per heavy atom. The molecule has 26 heavy (non-hydrogen) atoms. The number of nitrogens with two attached hydrogens (primary N) is 1. The van der Waals surface area contributed by atoms with Crippen molar-refractivity contribution in [3.63, 3.8) is 0 Å². The van der Waals surface area contributed by atoms with Crippen LogP contribution in [0.2, 0.25) is 10.0 Å². The summed E-state index contributed by atoms with van der Waals surface area (Å²) >= 11 is 11.9. The molecule has 1 aliphatic rings. The second-order valence-corrected chi connectivity index (χ2v) is 7.30. The predicted molar refractivity (Wildman–Crippen MR) is 105 cm³/mol. The lowest BCUT2D eigenvalue weighted by Gasteiger charge is -2.17. The van der Waals surface area contributed by atoms with Gasteiger partial charge >= 0.3 is 0 Å². The van der Waals surface area contributed by atoms with Gasteiger partial charge in [0.1, 0.15) is 5.75 Å². The average Bonchev–Trinajstić information content (AvgIpc) is 3.10. The zero-order chi connectivity index (χ0) is 18.5. The molecule has 0 unspecified atom stereocenters. The van der Waals surface area contributed by atoms with E-state index in [9.17, 15) is 4.79 Å². The zero-order valence-corrected chi connectivity index (χ0v) is 15.9. The Morgan fingerprint density at radius 1 is 1.12 bits per heavy atom. The maximum atomic E-state index is 12.6. The zero-order valence-electron chi connectivity index (χ0n) is 14.4. The number of likely N-dealkylation sites (tertiary alicyclic amines) is 1. The summed E-state index contributed by atoms with van der Waals surface area (Å²) in [4.78, 5) is 14.4. The van der Waals surface area contributed by atoms with Crippen LogP contribution in [0.4, 0.5) is 0 Å². The molecule has 2 aromatic rings. The third-order valence-electron chi connectivity index (χ3n) is 4.80. The van der Waals surface area contributed by atoms with Crippen molar-refractivity contribution in [3.8, 4) is 5.75 Å². The number of carbonyl (C=O) groups excluding carboxylic acids is 1. The molecule has 1 saturated heterocycles. The molecule has 1 aliphatic heterocycles. The molecule has 0 aliphatic carbocycles. The average molecular weight is 393 g/mol. The van der Waals surface area contributed by atoms with Crippen molar-refractivity contribution in [2.45, 2.75) is 12.3 Å². The Kier molecular flexibility index (Phi) is 6.41. The molecule has 0 saturated carbocycles. The van der Waals surface area contributed by atoms with Gasteiger partial charge in [-0.1, -0.05) is 53.5 Å². The first-order valence-corrected chi connectivity index (χ1v) is 9.44. The van der Waals surface area contributed by atoms with Crippen LogP contribution < -0.4 is 10.5 Å². The minimum Gasteiger partial charge on any atom is -0.493 e. The normalized spacial score (nSPS) is 19.6. The fraction of sp³-hybridized carbons (Fsp3) is 0.350. The van der Waals surface area contributed by atoms with Crippen molar-refractivity contribution < 1.29 is 9.53 Å². The molecule has 6 heteroatoms. The SMILES string of the molecule is NC[C@@H]1CN(C(=O)CCOc2ccc(Cl)c(Cl)c2)C[C@H]1c1ccccc1. The molecule has 2 atom stereocenters. The lowest BCUT2D eigenvalue weighted by molar-refractivity contribution is -0.130. The van der Waals surface area contributed by atoms with E-state index in [4.69, 9.17) is 33.7 Å². The number of hydrogen-bond donors (Lipinski definition) is 1. The molecule has 0 radical (unpaired) electrons. The largest absolute Gasteiger partial charge is 0.493 e. The molecular formula is C20H22Cl2N2O2. The van der Waals surface area contributed by atoms with Crippen molar-refractivity contribution >= 4 is 29.1 Å². The molecule has 2 aromatic carbocycles. The molecule has 3 rings (SSSR count). The second-order valence-electron chi connectivity index (χ2n) is 6.49. The molecule has 1 amide bonds. The van der Waals surface area contributed by atoms with Gasteiger partial charge in [0, 0.05) is 25.1 Å². The van der Waals surface area contributed by atoms with E-state index < -0.39 is 0 Å². The van der Waals surface area contributed by atoms with Crippen molar-refractivity contribution in [1.82, 2.24) is 4.90 Å². The molecule has 138 valence electrons. The summed E-state index contributed by atoms with van der Waals surface area (Å²) in [6, 6.07) is 15.3. The van der Waals surface area contributed by atoms with Gasteiger partial charge in [-0.15, -0.1) is 0 Å². The number of benzene rings is 2. The summed E-state index contributed by atoms with van der Waals surface area (Å²) in [5.41, 5.74) is 7.18. The molecule has 4 nitrogen and oxygen atoms in total. The maximum absolute atomic E-state index is 12.6. The number of amides is 1. The molecule has 1 heterocycles. The minimum absolute atomic E-state index is 0.0851. The van der Waals surface area contributed by atoms with Crippen LogP contribution >= 0.6 is 23.2 Å². The smallest absolute Gasteiger partial charge is 0.226 e. The highest BCUT2D eigenvalue weighted by Crippen LogP contribution is 2.32. The van der Waals surface area contributed by atoms with Crippen LogP contribution in [-0.2, 0) is 4.79 Å². The van der Waals surface area contributed by atoms with Gasteiger partial charge < -0.3 is 15.4 Å². The molecule has 2 N–H and O–H groups in total. The van der Waals surface area contributed by atoms with E-state index in [0.29, 0.717) is 54.4 Å². The first-order chi connectivity index (χ1) is 12.6. The van der Waals surface area contributed by atoms with E-state index in [-0.39, 0.29) is 11.8 Å². The number of carbonyl (C=O) groups is 1. The van der Waals surface area contributed by atoms with Gasteiger partial charge in [-0.05, 0) is 30.2 Å². The van der Waals surface area contributed by atoms with E-state index in [2.05, 4.69) is 12.1 Å². The molecule has 1 fully saturated rings. The Labute approximate surface area is 163 Å². The van der Waals surface area contributed by atoms with Gasteiger partial charge in [-0.25, -0.2) is 0 Å². The van der Waals surface area contributed by atoms with E-state index >= 15 is 0 Å². The number of nitrogens with zero attached hydrogens (tertiary/aromatic N) is 1. The summed E-state index contributed by atoms with van der Waals surface area (Å²) in [6.45, 7) is 2.28. The summed E-state index contributed by atoms with van der Waals surface area (Å²) in [5.74, 6) is 1.27. The van der Waals surface area contributed by atoms with E-state index in [0.717, 1.165) is 0 Å². The van der Waals surface area contributed by atoms with Gasteiger partial charge in [0.15, 0.2) is 0 Å². The van der Waals surface area contributed by atoms with Crippen molar-refractivity contribution in [3.05, 3.63) is 64.1 Å². The third kappa shape index (κ3) is 4.50. The van der Waals surface area contributed by atoms with Crippen molar-refractivity contribution in [1.29, 1.82) is 0 Å². The third-order valence-corrected chi connectivity index (χ3v) is 5.54. The molecular weight excluding hydrogens is 371 g/mol. The summed E-state index contributed by atoms with van der Waals surface area (Å²) in [6.07, 6.45) is 0.318. The van der Waals surface area contributed by atoms with Crippen LogP contribution in [0.1, 0.15) is 17.9 Å². The van der Waals surface area contributed by atoms with E-state index in [1.807, 2.05) is 23.1 Å². The van der Waals surface area contributed by atoms with Crippen molar-refractivity contribution in [2.24, 2.45) is 11.7 Å². The van der Waals surface area contributed by atoms with Gasteiger partial charge in [-0.2, -0.15) is 0 Å². The monoisotopic (exact) mass is 392 g/mol. The fourth-order valence-electron chi connectivity index (χ4n) is 3.37. The first kappa shape index (κ1) is 19.0. The van der Waals surface area contributed by atoms with E-state index in [1.165, 1.54) is 5.56 Å². The molecule has 0 spiro atoms. The van der Waals surface area contributed by atoms with Crippen LogP contribution in [0.5, 0.6) is 5.75 Å². The van der Waals surface area contributed by atoms with Gasteiger partial charge in [0.05, 0.1) is 23.1 Å². The summed E-state index contributed by atoms with van der Waals surface area (Å²) in [7, 11) is 0. The highest BCUT2D eigenvalue weighted by atomic mass is 35.5. The number of hydrogen-bond acceptors (Lipinski definition) is 3. The number of halogens is 2. The highest BCUT2D eigenvalue weighted by Gasteiger charge is 2.34. The standard InChI is InChI=1S/C20H22Cl2N2O2/c21-18-7-6-16(10-19(18)22)26-9-8-20(25)24-12-15(11-23)17(13-24)14-4-2-1-3-5-14/h1-7,10,15,17H,8-9,11-13,23H2/t15-,17+/m1/s1. The predicted octanol–water partition coefficient (Wildman–Crippen LogP) is 3.96. The van der Waals surface area contributed by atoms with Crippen LogP contribution in [0.15, 0.2) is 48.5 Å². The topological polar surface area (TPSA) is 55.6 Å². The van der Waals surface area contributed by atoms with Crippen LogP contribution in [0.25, 0.3) is 0 Å². The first-order valence-electron chi connectivity index (χ1n) is 8.69. The van der Waals surface area contributed by atoms with Crippen LogP contribution in [0.3, 0.4) is 0 Å². The molecule has 0 aromatic heterocycles. The Balaban J connectivity index is 1.54.